The van der Waals surface area contributed by atoms with E-state index < -0.39 is 0 Å². The van der Waals surface area contributed by atoms with E-state index in [2.05, 4.69) is 204 Å². The maximum Gasteiger partial charge on any atom is 0.152 e. The molecule has 0 amide bonds. The molecule has 0 atom stereocenters. The minimum atomic E-state index is 0.859. The number of hydrogen-bond acceptors (Lipinski definition) is 2. The summed E-state index contributed by atoms with van der Waals surface area (Å²) in [7, 11) is 0. The number of anilines is 3. The van der Waals surface area contributed by atoms with Crippen LogP contribution in [0.25, 0.3) is 60.9 Å². The smallest absolute Gasteiger partial charge is 0.152 e. The molecule has 1 aliphatic heterocycles. The Labute approximate surface area is 296 Å². The second-order valence-corrected chi connectivity index (χ2v) is 13.0. The first-order valence-corrected chi connectivity index (χ1v) is 17.4. The number of ether oxygens (including phenoxy) is 1. The van der Waals surface area contributed by atoms with Gasteiger partial charge >= 0.3 is 0 Å². The van der Waals surface area contributed by atoms with Crippen molar-refractivity contribution >= 4 is 38.9 Å². The van der Waals surface area contributed by atoms with Gasteiger partial charge < -0.3 is 14.2 Å². The standard InChI is InChI=1S/C48H32N2O/c1-3-12-33(13-4-1)36-14-9-15-37(32-36)34-24-28-39(29-25-34)49(38-16-5-2-6-17-38)40-30-26-35(27-31-40)41-19-10-22-45-47(41)50-44-21-8-7-18-42(44)43-20-11-23-46(51-45)48(43)50/h1-32H. The van der Waals surface area contributed by atoms with Gasteiger partial charge in [-0.05, 0) is 88.5 Å². The van der Waals surface area contributed by atoms with E-state index in [9.17, 15) is 0 Å². The predicted octanol–water partition coefficient (Wildman–Crippen LogP) is 13.4. The fraction of sp³-hybridized carbons (Fsp3) is 0. The average molecular weight is 653 g/mol. The summed E-state index contributed by atoms with van der Waals surface area (Å²) in [5.41, 5.74) is 13.7. The number of fused-ring (bicyclic) bond motifs is 5. The minimum absolute atomic E-state index is 0.859. The highest BCUT2D eigenvalue weighted by Gasteiger charge is 2.26. The van der Waals surface area contributed by atoms with E-state index in [-0.39, 0.29) is 0 Å². The van der Waals surface area contributed by atoms with Gasteiger partial charge in [-0.3, -0.25) is 0 Å². The van der Waals surface area contributed by atoms with Gasteiger partial charge in [0.2, 0.25) is 0 Å². The van der Waals surface area contributed by atoms with E-state index in [0.717, 1.165) is 50.9 Å². The highest BCUT2D eigenvalue weighted by molar-refractivity contribution is 6.12. The van der Waals surface area contributed by atoms with Crippen LogP contribution in [0.4, 0.5) is 17.1 Å². The van der Waals surface area contributed by atoms with Gasteiger partial charge in [-0.25, -0.2) is 0 Å². The summed E-state index contributed by atoms with van der Waals surface area (Å²) in [5.74, 6) is 1.75. The first kappa shape index (κ1) is 29.1. The molecule has 240 valence electrons. The number of aromatic nitrogens is 1. The molecule has 0 saturated carbocycles. The molecule has 0 radical (unpaired) electrons. The first-order chi connectivity index (χ1) is 25.3. The lowest BCUT2D eigenvalue weighted by molar-refractivity contribution is 0.477. The Kier molecular flexibility index (Phi) is 6.81. The van der Waals surface area contributed by atoms with Crippen LogP contribution in [0.1, 0.15) is 0 Å². The summed E-state index contributed by atoms with van der Waals surface area (Å²) in [6.45, 7) is 0. The molecule has 0 unspecified atom stereocenters. The van der Waals surface area contributed by atoms with E-state index in [1.54, 1.807) is 0 Å². The molecule has 0 spiro atoms. The molecule has 2 heterocycles. The number of nitrogens with zero attached hydrogens (tertiary/aromatic N) is 2. The molecular formula is C48H32N2O. The van der Waals surface area contributed by atoms with Crippen LogP contribution in [0.2, 0.25) is 0 Å². The van der Waals surface area contributed by atoms with Crippen LogP contribution in [0.5, 0.6) is 11.5 Å². The lowest BCUT2D eigenvalue weighted by atomic mass is 9.98. The molecule has 10 rings (SSSR count). The maximum absolute atomic E-state index is 6.56. The fourth-order valence-corrected chi connectivity index (χ4v) is 7.61. The molecule has 0 N–H and O–H groups in total. The van der Waals surface area contributed by atoms with E-state index >= 15 is 0 Å². The van der Waals surface area contributed by atoms with Gasteiger partial charge in [-0.1, -0.05) is 133 Å². The van der Waals surface area contributed by atoms with E-state index in [1.165, 1.54) is 38.5 Å². The van der Waals surface area contributed by atoms with Crippen LogP contribution in [0, 0.1) is 0 Å². The van der Waals surface area contributed by atoms with Crippen molar-refractivity contribution in [1.29, 1.82) is 0 Å². The Bertz CT molecular complexity index is 2690. The predicted molar refractivity (Wildman–Crippen MR) is 212 cm³/mol. The second kappa shape index (κ2) is 11.9. The molecule has 0 aliphatic carbocycles. The highest BCUT2D eigenvalue weighted by Crippen LogP contribution is 2.48. The van der Waals surface area contributed by atoms with Crippen LogP contribution in [-0.4, -0.2) is 4.57 Å². The summed E-state index contributed by atoms with van der Waals surface area (Å²) in [5, 5.41) is 2.43. The quantitative estimate of drug-likeness (QED) is 0.178. The molecule has 3 heteroatoms. The Hall–Kier alpha value is -6.84. The average Bonchev–Trinajstić information content (AvgIpc) is 3.55. The van der Waals surface area contributed by atoms with Crippen molar-refractivity contribution in [2.24, 2.45) is 0 Å². The van der Waals surface area contributed by atoms with Crippen molar-refractivity contribution in [2.75, 3.05) is 4.90 Å². The molecule has 51 heavy (non-hydrogen) atoms. The summed E-state index contributed by atoms with van der Waals surface area (Å²) < 4.78 is 8.94. The topological polar surface area (TPSA) is 17.4 Å². The summed E-state index contributed by atoms with van der Waals surface area (Å²) in [4.78, 5) is 2.32. The van der Waals surface area contributed by atoms with Crippen molar-refractivity contribution in [3.63, 3.8) is 0 Å². The van der Waals surface area contributed by atoms with Gasteiger partial charge in [0, 0.05) is 33.4 Å². The maximum atomic E-state index is 6.56. The first-order valence-electron chi connectivity index (χ1n) is 17.4. The van der Waals surface area contributed by atoms with E-state index in [1.807, 2.05) is 0 Å². The van der Waals surface area contributed by atoms with Gasteiger partial charge in [0.1, 0.15) is 0 Å². The number of para-hydroxylation sites is 4. The van der Waals surface area contributed by atoms with E-state index in [4.69, 9.17) is 4.74 Å². The molecule has 3 nitrogen and oxygen atoms in total. The van der Waals surface area contributed by atoms with Gasteiger partial charge in [0.05, 0.1) is 16.7 Å². The Morgan fingerprint density at radius 3 is 1.65 bits per heavy atom. The van der Waals surface area contributed by atoms with Crippen molar-refractivity contribution in [3.8, 4) is 50.6 Å². The molecule has 0 saturated heterocycles. The molecule has 8 aromatic carbocycles. The van der Waals surface area contributed by atoms with Crippen molar-refractivity contribution < 1.29 is 4.74 Å². The SMILES string of the molecule is c1ccc(-c2cccc(-c3ccc(N(c4ccccc4)c4ccc(-c5cccc6c5-n5c7ccccc7c7cccc(c75)O6)cc4)cc3)c2)cc1. The van der Waals surface area contributed by atoms with Crippen LogP contribution >= 0.6 is 0 Å². The lowest BCUT2D eigenvalue weighted by Gasteiger charge is -2.26. The number of benzene rings is 8. The van der Waals surface area contributed by atoms with Crippen LogP contribution in [0.3, 0.4) is 0 Å². The molecule has 0 fully saturated rings. The largest absolute Gasteiger partial charge is 0.453 e. The summed E-state index contributed by atoms with van der Waals surface area (Å²) in [6, 6.07) is 69.0. The van der Waals surface area contributed by atoms with Crippen LogP contribution in [-0.2, 0) is 0 Å². The van der Waals surface area contributed by atoms with Crippen molar-refractivity contribution in [2.45, 2.75) is 0 Å². The molecule has 1 aliphatic rings. The van der Waals surface area contributed by atoms with Crippen LogP contribution in [0.15, 0.2) is 194 Å². The van der Waals surface area contributed by atoms with Gasteiger partial charge in [0.15, 0.2) is 11.5 Å². The monoisotopic (exact) mass is 652 g/mol. The van der Waals surface area contributed by atoms with Gasteiger partial charge in [-0.15, -0.1) is 0 Å². The zero-order chi connectivity index (χ0) is 33.7. The zero-order valence-corrected chi connectivity index (χ0v) is 27.8. The number of rotatable bonds is 6. The molecule has 1 aromatic heterocycles. The third-order valence-electron chi connectivity index (χ3n) is 9.98. The normalized spacial score (nSPS) is 11.7. The summed E-state index contributed by atoms with van der Waals surface area (Å²) in [6.07, 6.45) is 0. The molecular weight excluding hydrogens is 621 g/mol. The fourth-order valence-electron chi connectivity index (χ4n) is 7.61. The Morgan fingerprint density at radius 2 is 0.902 bits per heavy atom. The Balaban J connectivity index is 1.04. The van der Waals surface area contributed by atoms with Gasteiger partial charge in [0.25, 0.3) is 0 Å². The zero-order valence-electron chi connectivity index (χ0n) is 27.8. The third-order valence-corrected chi connectivity index (χ3v) is 9.98. The van der Waals surface area contributed by atoms with Crippen molar-refractivity contribution in [1.82, 2.24) is 4.57 Å². The number of hydrogen-bond donors (Lipinski definition) is 0. The minimum Gasteiger partial charge on any atom is -0.453 e. The highest BCUT2D eigenvalue weighted by atomic mass is 16.5. The van der Waals surface area contributed by atoms with E-state index in [0.29, 0.717) is 0 Å². The third kappa shape index (κ3) is 4.90. The second-order valence-electron chi connectivity index (χ2n) is 13.0. The Morgan fingerprint density at radius 1 is 0.373 bits per heavy atom. The lowest BCUT2D eigenvalue weighted by Crippen LogP contribution is -2.09. The van der Waals surface area contributed by atoms with Crippen LogP contribution < -0.4 is 9.64 Å². The molecule has 0 bridgehead atoms. The molecule has 9 aromatic rings. The summed E-state index contributed by atoms with van der Waals surface area (Å²) >= 11 is 0. The van der Waals surface area contributed by atoms with Gasteiger partial charge in [-0.2, -0.15) is 0 Å². The van der Waals surface area contributed by atoms with Crippen molar-refractivity contribution in [3.05, 3.63) is 194 Å².